The number of rotatable bonds is 3. The minimum atomic E-state index is -0.374. The van der Waals surface area contributed by atoms with Gasteiger partial charge in [-0.05, 0) is 42.8 Å². The summed E-state index contributed by atoms with van der Waals surface area (Å²) in [6, 6.07) is 10.1. The summed E-state index contributed by atoms with van der Waals surface area (Å²) in [5.41, 5.74) is 4.28. The van der Waals surface area contributed by atoms with Gasteiger partial charge in [-0.2, -0.15) is 5.10 Å². The first-order valence-corrected chi connectivity index (χ1v) is 6.66. The largest absolute Gasteiger partial charge is 0.507 e. The second-order valence-corrected chi connectivity index (χ2v) is 4.83. The Morgan fingerprint density at radius 2 is 2.05 bits per heavy atom. The molecule has 0 unspecified atom stereocenters. The highest BCUT2D eigenvalue weighted by Gasteiger charge is 2.15. The fourth-order valence-electron chi connectivity index (χ4n) is 2.03. The van der Waals surface area contributed by atoms with Crippen molar-refractivity contribution >= 4 is 12.1 Å². The summed E-state index contributed by atoms with van der Waals surface area (Å²) in [6.45, 7) is 2.04. The zero-order valence-electron chi connectivity index (χ0n) is 11.9. The maximum absolute atomic E-state index is 12.0. The number of hydrazone groups is 1. The van der Waals surface area contributed by atoms with Crippen LogP contribution in [0.3, 0.4) is 0 Å². The van der Waals surface area contributed by atoms with E-state index in [4.69, 9.17) is 9.47 Å². The number of benzene rings is 2. The number of ether oxygens (including phenoxy) is 2. The van der Waals surface area contributed by atoms with Crippen LogP contribution >= 0.6 is 0 Å². The molecule has 3 rings (SSSR count). The molecule has 2 aromatic rings. The standard InChI is InChI=1S/C16H14N2O4/c1-10-2-3-12(13(19)6-10)8-17-18-16(20)11-4-5-14-15(7-11)22-9-21-14/h2-8,19H,9H2,1H3,(H,18,20)/b17-8-. The number of aromatic hydroxyl groups is 1. The lowest BCUT2D eigenvalue weighted by molar-refractivity contribution is 0.0954. The lowest BCUT2D eigenvalue weighted by Crippen LogP contribution is -2.17. The number of phenolic OH excluding ortho intramolecular Hbond substituents is 1. The second kappa shape index (κ2) is 5.77. The third kappa shape index (κ3) is 2.85. The molecular weight excluding hydrogens is 284 g/mol. The van der Waals surface area contributed by atoms with Crippen molar-refractivity contribution in [3.05, 3.63) is 53.1 Å². The Balaban J connectivity index is 1.68. The number of phenols is 1. The van der Waals surface area contributed by atoms with Crippen LogP contribution in [0.4, 0.5) is 0 Å². The average molecular weight is 298 g/mol. The summed E-state index contributed by atoms with van der Waals surface area (Å²) in [6.07, 6.45) is 1.39. The normalized spacial score (nSPS) is 12.6. The fraction of sp³-hybridized carbons (Fsp3) is 0.125. The molecule has 6 heteroatoms. The topological polar surface area (TPSA) is 80.2 Å². The van der Waals surface area contributed by atoms with Crippen LogP contribution in [0.15, 0.2) is 41.5 Å². The summed E-state index contributed by atoms with van der Waals surface area (Å²) in [5, 5.41) is 13.6. The van der Waals surface area contributed by atoms with Crippen LogP contribution in [0, 0.1) is 6.92 Å². The van der Waals surface area contributed by atoms with Gasteiger partial charge in [0.2, 0.25) is 6.79 Å². The highest BCUT2D eigenvalue weighted by atomic mass is 16.7. The molecule has 2 N–H and O–H groups in total. The van der Waals surface area contributed by atoms with E-state index in [1.807, 2.05) is 13.0 Å². The number of fused-ring (bicyclic) bond motifs is 1. The van der Waals surface area contributed by atoms with Gasteiger partial charge in [0.05, 0.1) is 6.21 Å². The smallest absolute Gasteiger partial charge is 0.271 e. The first-order valence-electron chi connectivity index (χ1n) is 6.66. The Kier molecular flexibility index (Phi) is 3.65. The Morgan fingerprint density at radius 3 is 2.86 bits per heavy atom. The maximum Gasteiger partial charge on any atom is 0.271 e. The van der Waals surface area contributed by atoms with Crippen LogP contribution in [0.25, 0.3) is 0 Å². The average Bonchev–Trinajstić information content (AvgIpc) is 2.96. The number of aryl methyl sites for hydroxylation is 1. The van der Waals surface area contributed by atoms with Crippen molar-refractivity contribution in [1.29, 1.82) is 0 Å². The zero-order valence-corrected chi connectivity index (χ0v) is 11.9. The number of nitrogens with one attached hydrogen (secondary N) is 1. The van der Waals surface area contributed by atoms with Gasteiger partial charge in [0.25, 0.3) is 5.91 Å². The number of carbonyl (C=O) groups is 1. The maximum atomic E-state index is 12.0. The molecule has 0 spiro atoms. The number of nitrogens with zero attached hydrogens (tertiary/aromatic N) is 1. The number of carbonyl (C=O) groups excluding carboxylic acids is 1. The van der Waals surface area contributed by atoms with E-state index in [2.05, 4.69) is 10.5 Å². The Hall–Kier alpha value is -3.02. The SMILES string of the molecule is Cc1ccc(/C=N\NC(=O)c2ccc3c(c2)OCO3)c(O)c1. The molecule has 1 amide bonds. The van der Waals surface area contributed by atoms with Crippen LogP contribution in [0.2, 0.25) is 0 Å². The van der Waals surface area contributed by atoms with E-state index >= 15 is 0 Å². The molecule has 0 saturated heterocycles. The first-order chi connectivity index (χ1) is 10.6. The Morgan fingerprint density at radius 1 is 1.23 bits per heavy atom. The van der Waals surface area contributed by atoms with E-state index in [1.54, 1.807) is 30.3 Å². The van der Waals surface area contributed by atoms with Gasteiger partial charge in [-0.1, -0.05) is 6.07 Å². The summed E-state index contributed by atoms with van der Waals surface area (Å²) < 4.78 is 10.4. The van der Waals surface area contributed by atoms with Crippen LogP contribution < -0.4 is 14.9 Å². The highest BCUT2D eigenvalue weighted by molar-refractivity contribution is 5.95. The summed E-state index contributed by atoms with van der Waals surface area (Å²) in [4.78, 5) is 12.0. The Labute approximate surface area is 127 Å². The lowest BCUT2D eigenvalue weighted by atomic mass is 10.1. The summed E-state index contributed by atoms with van der Waals surface area (Å²) >= 11 is 0. The quantitative estimate of drug-likeness (QED) is 0.672. The van der Waals surface area contributed by atoms with Crippen molar-refractivity contribution in [2.45, 2.75) is 6.92 Å². The van der Waals surface area contributed by atoms with Crippen molar-refractivity contribution in [2.75, 3.05) is 6.79 Å². The van der Waals surface area contributed by atoms with Gasteiger partial charge in [-0.3, -0.25) is 4.79 Å². The van der Waals surface area contributed by atoms with Gasteiger partial charge in [0, 0.05) is 11.1 Å². The van der Waals surface area contributed by atoms with Gasteiger partial charge < -0.3 is 14.6 Å². The molecule has 0 aliphatic carbocycles. The Bertz CT molecular complexity index is 756. The number of hydrogen-bond donors (Lipinski definition) is 2. The molecule has 0 fully saturated rings. The van der Waals surface area contributed by atoms with Crippen molar-refractivity contribution in [2.24, 2.45) is 5.10 Å². The van der Waals surface area contributed by atoms with Gasteiger partial charge in [-0.15, -0.1) is 0 Å². The van der Waals surface area contributed by atoms with Crippen LogP contribution in [0.5, 0.6) is 17.2 Å². The molecule has 1 heterocycles. The monoisotopic (exact) mass is 298 g/mol. The third-order valence-corrected chi connectivity index (χ3v) is 3.19. The molecule has 1 aliphatic rings. The molecule has 6 nitrogen and oxygen atoms in total. The van der Waals surface area contributed by atoms with Gasteiger partial charge in [-0.25, -0.2) is 5.43 Å². The first kappa shape index (κ1) is 13.9. The third-order valence-electron chi connectivity index (χ3n) is 3.19. The van der Waals surface area contributed by atoms with E-state index in [0.29, 0.717) is 22.6 Å². The second-order valence-electron chi connectivity index (χ2n) is 4.83. The fourth-order valence-corrected chi connectivity index (χ4v) is 2.03. The number of amides is 1. The van der Waals surface area contributed by atoms with E-state index < -0.39 is 0 Å². The molecule has 1 aliphatic heterocycles. The van der Waals surface area contributed by atoms with Crippen molar-refractivity contribution in [3.63, 3.8) is 0 Å². The minimum absolute atomic E-state index is 0.112. The molecule has 0 saturated carbocycles. The molecule has 22 heavy (non-hydrogen) atoms. The molecule has 0 radical (unpaired) electrons. The molecular formula is C16H14N2O4. The predicted octanol–water partition coefficient (Wildman–Crippen LogP) is 2.19. The molecule has 0 atom stereocenters. The van der Waals surface area contributed by atoms with E-state index in [-0.39, 0.29) is 18.4 Å². The van der Waals surface area contributed by atoms with Gasteiger partial charge in [0.15, 0.2) is 11.5 Å². The van der Waals surface area contributed by atoms with Crippen molar-refractivity contribution < 1.29 is 19.4 Å². The van der Waals surface area contributed by atoms with Crippen LogP contribution in [-0.2, 0) is 0 Å². The highest BCUT2D eigenvalue weighted by Crippen LogP contribution is 2.32. The summed E-state index contributed by atoms with van der Waals surface area (Å²) in [5.74, 6) is 0.889. The van der Waals surface area contributed by atoms with Crippen molar-refractivity contribution in [1.82, 2.24) is 5.43 Å². The zero-order chi connectivity index (χ0) is 15.5. The molecule has 2 aromatic carbocycles. The number of hydrogen-bond acceptors (Lipinski definition) is 5. The van der Waals surface area contributed by atoms with E-state index in [0.717, 1.165) is 5.56 Å². The van der Waals surface area contributed by atoms with E-state index in [1.165, 1.54) is 6.21 Å². The van der Waals surface area contributed by atoms with Crippen LogP contribution in [0.1, 0.15) is 21.5 Å². The van der Waals surface area contributed by atoms with Gasteiger partial charge >= 0.3 is 0 Å². The predicted molar refractivity (Wildman–Crippen MR) is 80.5 cm³/mol. The minimum Gasteiger partial charge on any atom is -0.507 e. The van der Waals surface area contributed by atoms with Crippen LogP contribution in [-0.4, -0.2) is 24.0 Å². The molecule has 112 valence electrons. The van der Waals surface area contributed by atoms with Gasteiger partial charge in [0.1, 0.15) is 5.75 Å². The van der Waals surface area contributed by atoms with Crippen molar-refractivity contribution in [3.8, 4) is 17.2 Å². The van der Waals surface area contributed by atoms with E-state index in [9.17, 15) is 9.90 Å². The lowest BCUT2D eigenvalue weighted by Gasteiger charge is -2.02. The summed E-state index contributed by atoms with van der Waals surface area (Å²) in [7, 11) is 0. The molecule has 0 bridgehead atoms. The molecule has 0 aromatic heterocycles.